The van der Waals surface area contributed by atoms with Gasteiger partial charge in [-0.05, 0) is 18.2 Å². The van der Waals surface area contributed by atoms with Crippen LogP contribution in [0.3, 0.4) is 0 Å². The molecule has 0 aliphatic carbocycles. The lowest BCUT2D eigenvalue weighted by molar-refractivity contribution is -0.125. The number of rotatable bonds is 0. The highest BCUT2D eigenvalue weighted by Crippen LogP contribution is 2.51. The van der Waals surface area contributed by atoms with Crippen LogP contribution in [0.5, 0.6) is 0 Å². The van der Waals surface area contributed by atoms with Crippen molar-refractivity contribution < 1.29 is 14.0 Å². The van der Waals surface area contributed by atoms with E-state index in [9.17, 15) is 14.4 Å². The predicted molar refractivity (Wildman–Crippen MR) is 95.2 cm³/mol. The van der Waals surface area contributed by atoms with Crippen molar-refractivity contribution in [3.63, 3.8) is 0 Å². The van der Waals surface area contributed by atoms with Crippen LogP contribution in [-0.2, 0) is 10.3 Å². The minimum Gasteiger partial charge on any atom is -0.450 e. The van der Waals surface area contributed by atoms with Gasteiger partial charge in [-0.3, -0.25) is 14.4 Å². The van der Waals surface area contributed by atoms with Crippen LogP contribution in [0.1, 0.15) is 21.7 Å². The molecule has 128 valence electrons. The van der Waals surface area contributed by atoms with Crippen molar-refractivity contribution in [3.05, 3.63) is 75.6 Å². The van der Waals surface area contributed by atoms with Crippen molar-refractivity contribution in [2.75, 3.05) is 19.0 Å². The maximum atomic E-state index is 13.3. The molecule has 3 heterocycles. The van der Waals surface area contributed by atoms with Gasteiger partial charge in [0.05, 0.1) is 10.9 Å². The Morgan fingerprint density at radius 2 is 1.62 bits per heavy atom. The Morgan fingerprint density at radius 3 is 2.42 bits per heavy atom. The molecule has 0 bridgehead atoms. The van der Waals surface area contributed by atoms with Gasteiger partial charge in [0.15, 0.2) is 11.0 Å². The predicted octanol–water partition coefficient (Wildman–Crippen LogP) is 2.10. The van der Waals surface area contributed by atoms with Crippen LogP contribution in [0.25, 0.3) is 11.0 Å². The maximum Gasteiger partial charge on any atom is 0.291 e. The van der Waals surface area contributed by atoms with Gasteiger partial charge in [0.25, 0.3) is 11.8 Å². The zero-order valence-corrected chi connectivity index (χ0v) is 14.1. The van der Waals surface area contributed by atoms with E-state index in [4.69, 9.17) is 4.42 Å². The molecule has 5 rings (SSSR count). The molecule has 6 nitrogen and oxygen atoms in total. The fourth-order valence-corrected chi connectivity index (χ4v) is 4.20. The average molecular weight is 346 g/mol. The Kier molecular flexibility index (Phi) is 2.64. The third-order valence-corrected chi connectivity index (χ3v) is 5.43. The first kappa shape index (κ1) is 14.9. The molecule has 0 fully saturated rings. The van der Waals surface area contributed by atoms with E-state index in [2.05, 4.69) is 0 Å². The van der Waals surface area contributed by atoms with E-state index in [1.54, 1.807) is 49.5 Å². The summed E-state index contributed by atoms with van der Waals surface area (Å²) in [5, 5.41) is 0.355. The van der Waals surface area contributed by atoms with Crippen molar-refractivity contribution in [2.45, 2.75) is 5.54 Å². The summed E-state index contributed by atoms with van der Waals surface area (Å²) in [5.41, 5.74) is -0.101. The second-order valence-electron chi connectivity index (χ2n) is 6.59. The number of para-hydroxylation sites is 2. The third-order valence-electron chi connectivity index (χ3n) is 5.43. The molecule has 2 aliphatic heterocycles. The normalized spacial score (nSPS) is 21.0. The first-order chi connectivity index (χ1) is 12.5. The van der Waals surface area contributed by atoms with Gasteiger partial charge >= 0.3 is 0 Å². The zero-order valence-electron chi connectivity index (χ0n) is 14.1. The number of amides is 2. The van der Waals surface area contributed by atoms with E-state index < -0.39 is 11.4 Å². The Bertz CT molecular complexity index is 1200. The van der Waals surface area contributed by atoms with Gasteiger partial charge < -0.3 is 14.2 Å². The first-order valence-corrected chi connectivity index (χ1v) is 8.21. The second-order valence-corrected chi connectivity index (χ2v) is 6.59. The van der Waals surface area contributed by atoms with Gasteiger partial charge in [-0.25, -0.2) is 0 Å². The smallest absolute Gasteiger partial charge is 0.291 e. The fraction of sp³-hybridized carbons (Fsp3) is 0.150. The molecule has 26 heavy (non-hydrogen) atoms. The van der Waals surface area contributed by atoms with Gasteiger partial charge in [-0.15, -0.1) is 0 Å². The number of anilines is 1. The number of hydrogen-bond acceptors (Lipinski definition) is 4. The summed E-state index contributed by atoms with van der Waals surface area (Å²) in [6, 6.07) is 14.0. The number of benzene rings is 2. The highest BCUT2D eigenvalue weighted by molar-refractivity contribution is 6.16. The van der Waals surface area contributed by atoms with Crippen LogP contribution in [-0.4, -0.2) is 30.8 Å². The molecule has 0 radical (unpaired) electrons. The molecular formula is C20H14N2O4. The maximum absolute atomic E-state index is 13.3. The number of carbonyl (C=O) groups excluding carboxylic acids is 2. The quantitative estimate of drug-likeness (QED) is 0.625. The van der Waals surface area contributed by atoms with Gasteiger partial charge in [0.2, 0.25) is 5.76 Å². The lowest BCUT2D eigenvalue weighted by Crippen LogP contribution is -2.51. The molecule has 6 heteroatoms. The molecule has 2 amide bonds. The largest absolute Gasteiger partial charge is 0.450 e. The fourth-order valence-electron chi connectivity index (χ4n) is 4.20. The van der Waals surface area contributed by atoms with Crippen LogP contribution in [0.2, 0.25) is 0 Å². The highest BCUT2D eigenvalue weighted by Gasteiger charge is 2.63. The number of fused-ring (bicyclic) bond motifs is 5. The summed E-state index contributed by atoms with van der Waals surface area (Å²) in [7, 11) is 3.19. The third kappa shape index (κ3) is 1.42. The Morgan fingerprint density at radius 1 is 0.923 bits per heavy atom. The summed E-state index contributed by atoms with van der Waals surface area (Å²) in [6.45, 7) is 0. The Labute approximate surface area is 148 Å². The van der Waals surface area contributed by atoms with E-state index >= 15 is 0 Å². The summed E-state index contributed by atoms with van der Waals surface area (Å²) < 4.78 is 5.79. The minimum absolute atomic E-state index is 0.0605. The average Bonchev–Trinajstić information content (AvgIpc) is 3.02. The molecule has 2 aromatic carbocycles. The molecule has 0 saturated carbocycles. The summed E-state index contributed by atoms with van der Waals surface area (Å²) >= 11 is 0. The van der Waals surface area contributed by atoms with Gasteiger partial charge in [-0.1, -0.05) is 30.3 Å². The highest BCUT2D eigenvalue weighted by atomic mass is 16.3. The molecule has 1 spiro atoms. The summed E-state index contributed by atoms with van der Waals surface area (Å²) in [5.74, 6) is -0.869. The van der Waals surface area contributed by atoms with E-state index in [0.717, 1.165) is 0 Å². The van der Waals surface area contributed by atoms with E-state index in [-0.39, 0.29) is 22.7 Å². The molecule has 0 N–H and O–H groups in total. The van der Waals surface area contributed by atoms with Crippen molar-refractivity contribution in [1.82, 2.24) is 4.90 Å². The van der Waals surface area contributed by atoms with Gasteiger partial charge in [0.1, 0.15) is 5.58 Å². The van der Waals surface area contributed by atoms with Crippen LogP contribution >= 0.6 is 0 Å². The van der Waals surface area contributed by atoms with Gasteiger partial charge in [-0.2, -0.15) is 0 Å². The lowest BCUT2D eigenvalue weighted by Gasteiger charge is -2.30. The van der Waals surface area contributed by atoms with Crippen molar-refractivity contribution in [2.24, 2.45) is 0 Å². The number of nitrogens with zero attached hydrogens (tertiary/aromatic N) is 2. The molecule has 0 saturated heterocycles. The van der Waals surface area contributed by atoms with Crippen molar-refractivity contribution in [3.8, 4) is 0 Å². The van der Waals surface area contributed by atoms with Crippen LogP contribution in [0, 0.1) is 0 Å². The van der Waals surface area contributed by atoms with E-state index in [0.29, 0.717) is 22.2 Å². The van der Waals surface area contributed by atoms with E-state index in [1.807, 2.05) is 6.07 Å². The van der Waals surface area contributed by atoms with Gasteiger partial charge in [0, 0.05) is 25.3 Å². The molecule has 2 aliphatic rings. The molecule has 3 aromatic rings. The number of hydrogen-bond donors (Lipinski definition) is 0. The standard InChI is InChI=1S/C20H14N2O4/c1-21-13-9-5-4-8-12(13)20(19(21)25)15-16(23)11-7-3-6-10-14(11)26-17(15)18(24)22(20)2/h3-10H,1-2H3/t20-/m1/s1. The van der Waals surface area contributed by atoms with Crippen molar-refractivity contribution in [1.29, 1.82) is 0 Å². The molecule has 1 atom stereocenters. The Balaban J connectivity index is 1.99. The number of carbonyl (C=O) groups is 2. The number of likely N-dealkylation sites (N-methyl/N-ethyl adjacent to an activating group) is 2. The first-order valence-electron chi connectivity index (χ1n) is 8.21. The van der Waals surface area contributed by atoms with Crippen LogP contribution in [0.4, 0.5) is 5.69 Å². The monoisotopic (exact) mass is 346 g/mol. The zero-order chi connectivity index (χ0) is 18.2. The molecular weight excluding hydrogens is 332 g/mol. The summed E-state index contributed by atoms with van der Waals surface area (Å²) in [6.07, 6.45) is 0. The molecule has 0 unspecified atom stereocenters. The summed E-state index contributed by atoms with van der Waals surface area (Å²) in [4.78, 5) is 42.4. The Hall–Kier alpha value is -3.41. The lowest BCUT2D eigenvalue weighted by atomic mass is 9.84. The topological polar surface area (TPSA) is 70.8 Å². The van der Waals surface area contributed by atoms with Crippen LogP contribution < -0.4 is 10.3 Å². The molecule has 1 aromatic heterocycles. The minimum atomic E-state index is -1.48. The van der Waals surface area contributed by atoms with Crippen LogP contribution in [0.15, 0.2) is 57.7 Å². The van der Waals surface area contributed by atoms with E-state index in [1.165, 1.54) is 16.8 Å². The SMILES string of the molecule is CN1C(=O)[C@@]2(c3ccccc31)c1c(oc3ccccc3c1=O)C(=O)N2C. The van der Waals surface area contributed by atoms with Crippen molar-refractivity contribution >= 4 is 28.5 Å². The second kappa shape index (κ2) is 4.60.